The second-order valence-corrected chi connectivity index (χ2v) is 6.37. The number of carbonyl (C=O) groups excluding carboxylic acids is 1. The average molecular weight is 353 g/mol. The van der Waals surface area contributed by atoms with Gasteiger partial charge in [0.25, 0.3) is 0 Å². The van der Waals surface area contributed by atoms with Crippen molar-refractivity contribution in [3.05, 3.63) is 47.2 Å². The second kappa shape index (κ2) is 9.70. The molecule has 1 aliphatic rings. The van der Waals surface area contributed by atoms with Gasteiger partial charge in [0, 0.05) is 17.8 Å². The van der Waals surface area contributed by atoms with Crippen molar-refractivity contribution in [3.8, 4) is 5.75 Å². The van der Waals surface area contributed by atoms with Gasteiger partial charge < -0.3 is 10.4 Å². The maximum absolute atomic E-state index is 11.0. The van der Waals surface area contributed by atoms with Crippen molar-refractivity contribution in [1.29, 1.82) is 0 Å². The Labute approximate surface area is 155 Å². The van der Waals surface area contributed by atoms with E-state index < -0.39 is 0 Å². The van der Waals surface area contributed by atoms with Crippen molar-refractivity contribution < 1.29 is 9.90 Å². The molecule has 0 spiro atoms. The van der Waals surface area contributed by atoms with E-state index in [2.05, 4.69) is 22.0 Å². The first-order valence-electron chi connectivity index (χ1n) is 9.04. The number of carbonyl (C=O) groups is 1. The number of nitrogens with one attached hydrogen (secondary N) is 1. The Morgan fingerprint density at radius 1 is 1.38 bits per heavy atom. The molecule has 5 heteroatoms. The normalized spacial score (nSPS) is 17.0. The molecular formula is C21H27N3O2. The predicted molar refractivity (Wildman–Crippen MR) is 107 cm³/mol. The van der Waals surface area contributed by atoms with E-state index in [1.807, 2.05) is 32.1 Å². The third kappa shape index (κ3) is 4.91. The fourth-order valence-corrected chi connectivity index (χ4v) is 3.37. The Balaban J connectivity index is 2.61. The third-order valence-corrected chi connectivity index (χ3v) is 4.67. The molecule has 0 aromatic heterocycles. The van der Waals surface area contributed by atoms with Crippen LogP contribution in [0.2, 0.25) is 0 Å². The number of aliphatic imine (C=N–C) groups is 2. The SMILES string of the molecule is C=N/C(C)=C(/C=C(/c1cccc(O)c1)C1CCCC1)C(=NCC)NC=O. The highest BCUT2D eigenvalue weighted by Gasteiger charge is 2.22. The number of allylic oxidation sites excluding steroid dienone is 2. The molecule has 1 aliphatic carbocycles. The molecule has 0 aliphatic heterocycles. The number of nitrogens with zero attached hydrogens (tertiary/aromatic N) is 2. The van der Waals surface area contributed by atoms with Crippen LogP contribution in [-0.4, -0.2) is 30.6 Å². The summed E-state index contributed by atoms with van der Waals surface area (Å²) >= 11 is 0. The lowest BCUT2D eigenvalue weighted by Crippen LogP contribution is -2.24. The first-order chi connectivity index (χ1) is 12.6. The van der Waals surface area contributed by atoms with E-state index in [-0.39, 0.29) is 5.75 Å². The number of aromatic hydroxyl groups is 1. The van der Waals surface area contributed by atoms with Crippen LogP contribution in [0.1, 0.15) is 45.1 Å². The van der Waals surface area contributed by atoms with E-state index in [1.54, 1.807) is 12.1 Å². The molecule has 0 saturated heterocycles. The summed E-state index contributed by atoms with van der Waals surface area (Å²) in [7, 11) is 0. The van der Waals surface area contributed by atoms with Crippen LogP contribution in [0.5, 0.6) is 5.75 Å². The maximum Gasteiger partial charge on any atom is 0.212 e. The van der Waals surface area contributed by atoms with E-state index >= 15 is 0 Å². The number of rotatable bonds is 7. The van der Waals surface area contributed by atoms with Crippen LogP contribution >= 0.6 is 0 Å². The van der Waals surface area contributed by atoms with Gasteiger partial charge in [-0.1, -0.05) is 25.0 Å². The number of amides is 1. The van der Waals surface area contributed by atoms with Gasteiger partial charge in [0.15, 0.2) is 0 Å². The minimum Gasteiger partial charge on any atom is -0.508 e. The van der Waals surface area contributed by atoms with Gasteiger partial charge in [-0.15, -0.1) is 0 Å². The highest BCUT2D eigenvalue weighted by atomic mass is 16.3. The first kappa shape index (κ1) is 19.6. The molecular weight excluding hydrogens is 326 g/mol. The van der Waals surface area contributed by atoms with Crippen molar-refractivity contribution in [3.63, 3.8) is 0 Å². The molecule has 0 radical (unpaired) electrons. The Morgan fingerprint density at radius 3 is 2.69 bits per heavy atom. The Bertz CT molecular complexity index is 741. The smallest absolute Gasteiger partial charge is 0.212 e. The molecule has 138 valence electrons. The molecule has 1 aromatic rings. The van der Waals surface area contributed by atoms with Crippen molar-refractivity contribution in [2.24, 2.45) is 15.9 Å². The summed E-state index contributed by atoms with van der Waals surface area (Å²) < 4.78 is 0. The van der Waals surface area contributed by atoms with E-state index in [4.69, 9.17) is 0 Å². The van der Waals surface area contributed by atoms with Gasteiger partial charge >= 0.3 is 0 Å². The van der Waals surface area contributed by atoms with Gasteiger partial charge in [-0.25, -0.2) is 0 Å². The Kier molecular flexibility index (Phi) is 7.33. The number of benzene rings is 1. The van der Waals surface area contributed by atoms with Crippen molar-refractivity contribution in [2.45, 2.75) is 39.5 Å². The van der Waals surface area contributed by atoms with E-state index in [0.717, 1.165) is 29.6 Å². The molecule has 0 atom stereocenters. The summed E-state index contributed by atoms with van der Waals surface area (Å²) in [5, 5.41) is 12.6. The summed E-state index contributed by atoms with van der Waals surface area (Å²) in [6.45, 7) is 7.94. The molecule has 1 aromatic carbocycles. The molecule has 5 nitrogen and oxygen atoms in total. The van der Waals surface area contributed by atoms with Gasteiger partial charge in [-0.05, 0) is 68.7 Å². The van der Waals surface area contributed by atoms with E-state index in [1.165, 1.54) is 12.8 Å². The highest BCUT2D eigenvalue weighted by Crippen LogP contribution is 2.38. The molecule has 1 fully saturated rings. The molecule has 1 amide bonds. The predicted octanol–water partition coefficient (Wildman–Crippen LogP) is 4.10. The molecule has 0 heterocycles. The second-order valence-electron chi connectivity index (χ2n) is 6.37. The lowest BCUT2D eigenvalue weighted by molar-refractivity contribution is -0.108. The monoisotopic (exact) mass is 353 g/mol. The molecule has 0 bridgehead atoms. The summed E-state index contributed by atoms with van der Waals surface area (Å²) in [5.41, 5.74) is 3.56. The number of phenolic OH excluding ortho intramolecular Hbond substituents is 1. The van der Waals surface area contributed by atoms with Gasteiger partial charge in [0.2, 0.25) is 6.41 Å². The van der Waals surface area contributed by atoms with Crippen LogP contribution in [0.4, 0.5) is 0 Å². The zero-order valence-corrected chi connectivity index (χ0v) is 15.5. The largest absolute Gasteiger partial charge is 0.508 e. The Hall–Kier alpha value is -2.69. The third-order valence-electron chi connectivity index (χ3n) is 4.67. The van der Waals surface area contributed by atoms with Crippen LogP contribution < -0.4 is 5.32 Å². The number of hydrogen-bond donors (Lipinski definition) is 2. The summed E-state index contributed by atoms with van der Waals surface area (Å²) in [4.78, 5) is 19.5. The van der Waals surface area contributed by atoms with Gasteiger partial charge in [-0.3, -0.25) is 14.8 Å². The van der Waals surface area contributed by atoms with Crippen LogP contribution in [0.15, 0.2) is 51.6 Å². The zero-order valence-electron chi connectivity index (χ0n) is 15.5. The maximum atomic E-state index is 11.0. The fraction of sp³-hybridized carbons (Fsp3) is 0.381. The van der Waals surface area contributed by atoms with Crippen molar-refractivity contribution >= 4 is 24.5 Å². The van der Waals surface area contributed by atoms with E-state index in [0.29, 0.717) is 30.4 Å². The minimum atomic E-state index is 0.240. The zero-order chi connectivity index (χ0) is 18.9. The summed E-state index contributed by atoms with van der Waals surface area (Å²) in [6.07, 6.45) is 7.28. The van der Waals surface area contributed by atoms with Crippen molar-refractivity contribution in [1.82, 2.24) is 5.32 Å². The number of amidine groups is 1. The summed E-state index contributed by atoms with van der Waals surface area (Å²) in [5.74, 6) is 1.13. The molecule has 2 rings (SSSR count). The molecule has 1 saturated carbocycles. The van der Waals surface area contributed by atoms with Crippen LogP contribution in [0.3, 0.4) is 0 Å². The molecule has 26 heavy (non-hydrogen) atoms. The lowest BCUT2D eigenvalue weighted by atomic mass is 9.89. The van der Waals surface area contributed by atoms with Gasteiger partial charge in [0.1, 0.15) is 11.6 Å². The van der Waals surface area contributed by atoms with Crippen LogP contribution in [-0.2, 0) is 4.79 Å². The van der Waals surface area contributed by atoms with Gasteiger partial charge in [-0.2, -0.15) is 0 Å². The number of hydrogen-bond acceptors (Lipinski definition) is 4. The first-order valence-corrected chi connectivity index (χ1v) is 9.04. The fourth-order valence-electron chi connectivity index (χ4n) is 3.37. The molecule has 2 N–H and O–H groups in total. The van der Waals surface area contributed by atoms with E-state index in [9.17, 15) is 9.90 Å². The van der Waals surface area contributed by atoms with Crippen molar-refractivity contribution in [2.75, 3.05) is 6.54 Å². The van der Waals surface area contributed by atoms with Crippen LogP contribution in [0.25, 0.3) is 5.57 Å². The van der Waals surface area contributed by atoms with Crippen LogP contribution in [0, 0.1) is 5.92 Å². The average Bonchev–Trinajstić information content (AvgIpc) is 3.16. The summed E-state index contributed by atoms with van der Waals surface area (Å²) in [6, 6.07) is 7.30. The quantitative estimate of drug-likeness (QED) is 0.335. The van der Waals surface area contributed by atoms with Gasteiger partial charge in [0.05, 0.1) is 0 Å². The Morgan fingerprint density at radius 2 is 2.12 bits per heavy atom. The standard InChI is InChI=1S/C21H27N3O2/c1-4-23-21(24-14-25)19(15(2)22-3)13-20(16-8-5-6-9-16)17-10-7-11-18(26)12-17/h7,10-14,16,26H,3-6,8-9H2,1-2H3,(H,23,24,25)/b19-15-,20-13+. The topological polar surface area (TPSA) is 74.1 Å². The lowest BCUT2D eigenvalue weighted by Gasteiger charge is -2.18. The highest BCUT2D eigenvalue weighted by molar-refractivity contribution is 6.07. The number of phenols is 1. The molecule has 0 unspecified atom stereocenters. The minimum absolute atomic E-state index is 0.240.